The Kier molecular flexibility index (Phi) is 4.77. The molecular formula is C14H21N5O. The Morgan fingerprint density at radius 1 is 1.55 bits per heavy atom. The standard InChI is InChI=1S/C14H21N5O/c1-18-9-11(6-13(18)7-15)8-17-12-2-4-19(5-3-12)10-14(16)20/h6,9,12,17H,2-5,8,10H2,1H3,(H2,16,20). The molecule has 0 aliphatic carbocycles. The number of aromatic nitrogens is 1. The fourth-order valence-corrected chi connectivity index (χ4v) is 2.62. The lowest BCUT2D eigenvalue weighted by molar-refractivity contribution is -0.119. The summed E-state index contributed by atoms with van der Waals surface area (Å²) in [4.78, 5) is 13.0. The zero-order valence-corrected chi connectivity index (χ0v) is 11.8. The van der Waals surface area contributed by atoms with E-state index in [4.69, 9.17) is 11.0 Å². The minimum absolute atomic E-state index is 0.260. The molecule has 2 rings (SSSR count). The number of nitrogens with one attached hydrogen (secondary N) is 1. The summed E-state index contributed by atoms with van der Waals surface area (Å²) in [6, 6.07) is 4.54. The van der Waals surface area contributed by atoms with E-state index in [1.165, 1.54) is 0 Å². The summed E-state index contributed by atoms with van der Waals surface area (Å²) < 4.78 is 1.84. The van der Waals surface area contributed by atoms with Gasteiger partial charge in [-0.05, 0) is 24.5 Å². The summed E-state index contributed by atoms with van der Waals surface area (Å²) in [5.41, 5.74) is 7.00. The minimum Gasteiger partial charge on any atom is -0.369 e. The molecule has 1 aliphatic heterocycles. The van der Waals surface area contributed by atoms with Gasteiger partial charge < -0.3 is 15.6 Å². The average Bonchev–Trinajstić information content (AvgIpc) is 2.78. The first-order chi connectivity index (χ1) is 9.58. The lowest BCUT2D eigenvalue weighted by Crippen LogP contribution is -2.45. The van der Waals surface area contributed by atoms with Gasteiger partial charge in [-0.3, -0.25) is 9.69 Å². The van der Waals surface area contributed by atoms with E-state index in [1.807, 2.05) is 23.9 Å². The Hall–Kier alpha value is -1.84. The summed E-state index contributed by atoms with van der Waals surface area (Å²) >= 11 is 0. The summed E-state index contributed by atoms with van der Waals surface area (Å²) in [6.07, 6.45) is 4.02. The van der Waals surface area contributed by atoms with Crippen molar-refractivity contribution in [3.05, 3.63) is 23.5 Å². The second kappa shape index (κ2) is 6.55. The number of nitriles is 1. The van der Waals surface area contributed by atoms with Crippen LogP contribution in [0.5, 0.6) is 0 Å². The van der Waals surface area contributed by atoms with Crippen molar-refractivity contribution in [2.75, 3.05) is 19.6 Å². The molecule has 3 N–H and O–H groups in total. The van der Waals surface area contributed by atoms with E-state index in [1.54, 1.807) is 0 Å². The van der Waals surface area contributed by atoms with Gasteiger partial charge in [0.25, 0.3) is 0 Å². The third-order valence-electron chi connectivity index (χ3n) is 3.74. The summed E-state index contributed by atoms with van der Waals surface area (Å²) in [5, 5.41) is 12.4. The zero-order valence-electron chi connectivity index (χ0n) is 11.8. The lowest BCUT2D eigenvalue weighted by atomic mass is 10.0. The normalized spacial score (nSPS) is 17.0. The van der Waals surface area contributed by atoms with Gasteiger partial charge >= 0.3 is 0 Å². The molecule has 6 nitrogen and oxygen atoms in total. The van der Waals surface area contributed by atoms with Crippen molar-refractivity contribution >= 4 is 5.91 Å². The van der Waals surface area contributed by atoms with Crippen LogP contribution in [0.25, 0.3) is 0 Å². The third-order valence-corrected chi connectivity index (χ3v) is 3.74. The van der Waals surface area contributed by atoms with Crippen molar-refractivity contribution in [1.29, 1.82) is 5.26 Å². The molecule has 1 amide bonds. The molecule has 0 bridgehead atoms. The molecule has 6 heteroatoms. The Morgan fingerprint density at radius 3 is 2.80 bits per heavy atom. The van der Waals surface area contributed by atoms with Crippen LogP contribution in [0.4, 0.5) is 0 Å². The van der Waals surface area contributed by atoms with Crippen LogP contribution in [-0.4, -0.2) is 41.1 Å². The molecule has 0 aromatic carbocycles. The molecule has 1 fully saturated rings. The molecule has 1 aromatic heterocycles. The summed E-state index contributed by atoms with van der Waals surface area (Å²) in [7, 11) is 1.88. The SMILES string of the molecule is Cn1cc(CNC2CCN(CC(N)=O)CC2)cc1C#N. The highest BCUT2D eigenvalue weighted by molar-refractivity contribution is 5.75. The molecule has 0 unspecified atom stereocenters. The average molecular weight is 275 g/mol. The molecule has 1 aliphatic rings. The molecule has 0 radical (unpaired) electrons. The topological polar surface area (TPSA) is 87.1 Å². The van der Waals surface area contributed by atoms with E-state index in [9.17, 15) is 4.79 Å². The number of primary amides is 1. The maximum atomic E-state index is 10.9. The van der Waals surface area contributed by atoms with Crippen molar-refractivity contribution in [2.45, 2.75) is 25.4 Å². The van der Waals surface area contributed by atoms with E-state index in [0.717, 1.165) is 38.0 Å². The van der Waals surface area contributed by atoms with Gasteiger partial charge in [0.05, 0.1) is 6.54 Å². The first-order valence-electron chi connectivity index (χ1n) is 6.88. The predicted octanol–water partition coefficient (Wildman–Crippen LogP) is -0.0639. The smallest absolute Gasteiger partial charge is 0.231 e. The number of amides is 1. The number of likely N-dealkylation sites (tertiary alicyclic amines) is 1. The van der Waals surface area contributed by atoms with Crippen molar-refractivity contribution in [3.63, 3.8) is 0 Å². The number of carbonyl (C=O) groups excluding carboxylic acids is 1. The highest BCUT2D eigenvalue weighted by Crippen LogP contribution is 2.12. The van der Waals surface area contributed by atoms with Crippen LogP contribution >= 0.6 is 0 Å². The molecule has 2 heterocycles. The van der Waals surface area contributed by atoms with Gasteiger partial charge in [-0.1, -0.05) is 0 Å². The minimum atomic E-state index is -0.260. The summed E-state index contributed by atoms with van der Waals surface area (Å²) in [6.45, 7) is 2.94. The van der Waals surface area contributed by atoms with E-state index in [0.29, 0.717) is 18.3 Å². The van der Waals surface area contributed by atoms with E-state index in [-0.39, 0.29) is 5.91 Å². The predicted molar refractivity (Wildman–Crippen MR) is 75.6 cm³/mol. The summed E-state index contributed by atoms with van der Waals surface area (Å²) in [5.74, 6) is -0.260. The van der Waals surface area contributed by atoms with Gasteiger partial charge in [0.1, 0.15) is 11.8 Å². The van der Waals surface area contributed by atoms with Crippen molar-refractivity contribution < 1.29 is 4.79 Å². The zero-order chi connectivity index (χ0) is 14.5. The Bertz CT molecular complexity index is 508. The molecular weight excluding hydrogens is 254 g/mol. The number of hydrogen-bond acceptors (Lipinski definition) is 4. The van der Waals surface area contributed by atoms with Crippen molar-refractivity contribution in [2.24, 2.45) is 12.8 Å². The van der Waals surface area contributed by atoms with Crippen LogP contribution in [0.1, 0.15) is 24.1 Å². The van der Waals surface area contributed by atoms with Gasteiger partial charge in [0.2, 0.25) is 5.91 Å². The maximum Gasteiger partial charge on any atom is 0.231 e. The van der Waals surface area contributed by atoms with Crippen LogP contribution in [0, 0.1) is 11.3 Å². The number of piperidine rings is 1. The van der Waals surface area contributed by atoms with Crippen LogP contribution in [0.15, 0.2) is 12.3 Å². The monoisotopic (exact) mass is 275 g/mol. The molecule has 0 atom stereocenters. The van der Waals surface area contributed by atoms with Gasteiger partial charge in [0.15, 0.2) is 0 Å². The van der Waals surface area contributed by atoms with Crippen molar-refractivity contribution in [1.82, 2.24) is 14.8 Å². The second-order valence-corrected chi connectivity index (χ2v) is 5.35. The molecule has 1 aromatic rings. The lowest BCUT2D eigenvalue weighted by Gasteiger charge is -2.31. The largest absolute Gasteiger partial charge is 0.369 e. The number of carbonyl (C=O) groups is 1. The number of hydrogen-bond donors (Lipinski definition) is 2. The quantitative estimate of drug-likeness (QED) is 0.788. The Balaban J connectivity index is 1.76. The maximum absolute atomic E-state index is 10.9. The van der Waals surface area contributed by atoms with E-state index < -0.39 is 0 Å². The highest BCUT2D eigenvalue weighted by Gasteiger charge is 2.19. The molecule has 0 spiro atoms. The van der Waals surface area contributed by atoms with Crippen LogP contribution in [0.3, 0.4) is 0 Å². The first-order valence-corrected chi connectivity index (χ1v) is 6.88. The van der Waals surface area contributed by atoms with Crippen molar-refractivity contribution in [3.8, 4) is 6.07 Å². The fourth-order valence-electron chi connectivity index (χ4n) is 2.62. The molecule has 108 valence electrons. The Labute approximate surface area is 119 Å². The number of rotatable bonds is 5. The number of nitrogens with zero attached hydrogens (tertiary/aromatic N) is 3. The van der Waals surface area contributed by atoms with Gasteiger partial charge in [-0.15, -0.1) is 0 Å². The Morgan fingerprint density at radius 2 is 2.25 bits per heavy atom. The first kappa shape index (κ1) is 14.6. The fraction of sp³-hybridized carbons (Fsp3) is 0.571. The van der Waals surface area contributed by atoms with Gasteiger partial charge in [-0.25, -0.2) is 0 Å². The van der Waals surface area contributed by atoms with Crippen LogP contribution in [-0.2, 0) is 18.4 Å². The van der Waals surface area contributed by atoms with Crippen LogP contribution < -0.4 is 11.1 Å². The van der Waals surface area contributed by atoms with Gasteiger partial charge in [0, 0.05) is 38.9 Å². The highest BCUT2D eigenvalue weighted by atomic mass is 16.1. The molecule has 20 heavy (non-hydrogen) atoms. The second-order valence-electron chi connectivity index (χ2n) is 5.35. The number of aryl methyl sites for hydroxylation is 1. The molecule has 0 saturated carbocycles. The van der Waals surface area contributed by atoms with Crippen LogP contribution in [0.2, 0.25) is 0 Å². The van der Waals surface area contributed by atoms with Gasteiger partial charge in [-0.2, -0.15) is 5.26 Å². The molecule has 1 saturated heterocycles. The number of nitrogens with two attached hydrogens (primary N) is 1. The van der Waals surface area contributed by atoms with E-state index >= 15 is 0 Å². The third kappa shape index (κ3) is 3.83. The van der Waals surface area contributed by atoms with E-state index in [2.05, 4.69) is 16.3 Å².